The summed E-state index contributed by atoms with van der Waals surface area (Å²) < 4.78 is 0.940. The molecule has 0 aromatic carbocycles. The SMILES string of the molecule is CC(C)CC(CNC1CCCc2sc(Cl)cc21)N(C)C. The second-order valence-electron chi connectivity index (χ2n) is 6.53. The van der Waals surface area contributed by atoms with Crippen molar-refractivity contribution in [2.24, 2.45) is 5.92 Å². The molecule has 1 heterocycles. The van der Waals surface area contributed by atoms with Crippen LogP contribution in [0, 0.1) is 5.92 Å². The van der Waals surface area contributed by atoms with Crippen molar-refractivity contribution in [3.8, 4) is 0 Å². The predicted octanol–water partition coefficient (Wildman–Crippen LogP) is 4.34. The van der Waals surface area contributed by atoms with Crippen LogP contribution in [0.2, 0.25) is 4.34 Å². The van der Waals surface area contributed by atoms with Crippen LogP contribution in [0.15, 0.2) is 6.07 Å². The lowest BCUT2D eigenvalue weighted by Crippen LogP contribution is -2.40. The van der Waals surface area contributed by atoms with Crippen molar-refractivity contribution in [2.75, 3.05) is 20.6 Å². The van der Waals surface area contributed by atoms with Crippen LogP contribution in [0.25, 0.3) is 0 Å². The van der Waals surface area contributed by atoms with E-state index in [-0.39, 0.29) is 0 Å². The summed E-state index contributed by atoms with van der Waals surface area (Å²) in [6, 6.07) is 3.28. The van der Waals surface area contributed by atoms with Crippen LogP contribution in [-0.2, 0) is 6.42 Å². The van der Waals surface area contributed by atoms with E-state index in [1.807, 2.05) is 0 Å². The lowest BCUT2D eigenvalue weighted by atomic mass is 9.93. The van der Waals surface area contributed by atoms with Crippen molar-refractivity contribution >= 4 is 22.9 Å². The Kier molecular flexibility index (Phi) is 5.91. The van der Waals surface area contributed by atoms with Gasteiger partial charge in [0.05, 0.1) is 4.34 Å². The molecule has 2 unspecified atom stereocenters. The molecule has 4 heteroatoms. The monoisotopic (exact) mass is 314 g/mol. The molecule has 0 amide bonds. The van der Waals surface area contributed by atoms with Crippen molar-refractivity contribution in [2.45, 2.75) is 51.6 Å². The molecule has 1 aliphatic carbocycles. The van der Waals surface area contributed by atoms with E-state index in [9.17, 15) is 0 Å². The highest BCUT2D eigenvalue weighted by Gasteiger charge is 2.23. The Balaban J connectivity index is 1.96. The summed E-state index contributed by atoms with van der Waals surface area (Å²) in [7, 11) is 4.37. The number of aryl methyl sites for hydroxylation is 1. The highest BCUT2D eigenvalue weighted by molar-refractivity contribution is 7.16. The third kappa shape index (κ3) is 4.20. The number of nitrogens with one attached hydrogen (secondary N) is 1. The molecule has 1 N–H and O–H groups in total. The molecule has 1 aliphatic rings. The molecule has 2 atom stereocenters. The van der Waals surface area contributed by atoms with Gasteiger partial charge in [-0.2, -0.15) is 0 Å². The average Bonchev–Trinajstić information content (AvgIpc) is 2.74. The minimum absolute atomic E-state index is 0.497. The number of hydrogen-bond acceptors (Lipinski definition) is 3. The van der Waals surface area contributed by atoms with Gasteiger partial charge >= 0.3 is 0 Å². The lowest BCUT2D eigenvalue weighted by Gasteiger charge is -2.30. The van der Waals surface area contributed by atoms with E-state index < -0.39 is 0 Å². The van der Waals surface area contributed by atoms with Gasteiger partial charge in [-0.05, 0) is 57.3 Å². The van der Waals surface area contributed by atoms with E-state index in [1.165, 1.54) is 36.1 Å². The summed E-state index contributed by atoms with van der Waals surface area (Å²) in [5.74, 6) is 0.738. The molecule has 0 saturated carbocycles. The number of rotatable bonds is 6. The Hall–Kier alpha value is -0.0900. The van der Waals surface area contributed by atoms with Crippen LogP contribution in [-0.4, -0.2) is 31.6 Å². The van der Waals surface area contributed by atoms with Crippen LogP contribution in [0.1, 0.15) is 49.6 Å². The van der Waals surface area contributed by atoms with E-state index in [0.29, 0.717) is 12.1 Å². The van der Waals surface area contributed by atoms with Gasteiger partial charge in [-0.25, -0.2) is 0 Å². The van der Waals surface area contributed by atoms with Crippen LogP contribution >= 0.6 is 22.9 Å². The molecular weight excluding hydrogens is 288 g/mol. The Morgan fingerprint density at radius 2 is 2.20 bits per heavy atom. The molecule has 20 heavy (non-hydrogen) atoms. The molecule has 1 aromatic heterocycles. The minimum atomic E-state index is 0.497. The third-order valence-electron chi connectivity index (χ3n) is 4.16. The average molecular weight is 315 g/mol. The lowest BCUT2D eigenvalue weighted by molar-refractivity contribution is 0.237. The van der Waals surface area contributed by atoms with Crippen molar-refractivity contribution in [1.29, 1.82) is 0 Å². The standard InChI is InChI=1S/C16H27ClN2S/c1-11(2)8-12(19(3)4)10-18-14-6-5-7-15-13(14)9-16(17)20-15/h9,11-12,14,18H,5-8,10H2,1-4H3. The van der Waals surface area contributed by atoms with Gasteiger partial charge < -0.3 is 10.2 Å². The van der Waals surface area contributed by atoms with Crippen molar-refractivity contribution in [3.63, 3.8) is 0 Å². The fraction of sp³-hybridized carbons (Fsp3) is 0.750. The first-order valence-corrected chi connectivity index (χ1v) is 8.84. The van der Waals surface area contributed by atoms with Crippen molar-refractivity contribution in [1.82, 2.24) is 10.2 Å². The molecule has 2 nitrogen and oxygen atoms in total. The number of thiophene rings is 1. The summed E-state index contributed by atoms with van der Waals surface area (Å²) in [6.45, 7) is 5.66. The van der Waals surface area contributed by atoms with Gasteiger partial charge in [0.1, 0.15) is 0 Å². The summed E-state index contributed by atoms with van der Waals surface area (Å²) >= 11 is 7.94. The quantitative estimate of drug-likeness (QED) is 0.840. The van der Waals surface area contributed by atoms with Gasteiger partial charge in [-0.3, -0.25) is 0 Å². The first kappa shape index (κ1) is 16.3. The molecule has 0 radical (unpaired) electrons. The van der Waals surface area contributed by atoms with E-state index in [1.54, 1.807) is 11.3 Å². The largest absolute Gasteiger partial charge is 0.308 e. The molecule has 0 aliphatic heterocycles. The first-order valence-electron chi connectivity index (χ1n) is 7.65. The fourth-order valence-corrected chi connectivity index (χ4v) is 4.42. The molecule has 0 saturated heterocycles. The van der Waals surface area contributed by atoms with Gasteiger partial charge in [-0.1, -0.05) is 25.4 Å². The highest BCUT2D eigenvalue weighted by atomic mass is 35.5. The molecular formula is C16H27ClN2S. The van der Waals surface area contributed by atoms with E-state index >= 15 is 0 Å². The highest BCUT2D eigenvalue weighted by Crippen LogP contribution is 2.37. The van der Waals surface area contributed by atoms with E-state index in [4.69, 9.17) is 11.6 Å². The third-order valence-corrected chi connectivity index (χ3v) is 5.50. The predicted molar refractivity (Wildman–Crippen MR) is 89.9 cm³/mol. The Labute approximate surface area is 132 Å². The van der Waals surface area contributed by atoms with Crippen LogP contribution in [0.5, 0.6) is 0 Å². The number of hydrogen-bond donors (Lipinski definition) is 1. The van der Waals surface area contributed by atoms with Gasteiger partial charge in [0.2, 0.25) is 0 Å². The fourth-order valence-electron chi connectivity index (χ4n) is 3.03. The minimum Gasteiger partial charge on any atom is -0.308 e. The Morgan fingerprint density at radius 1 is 1.45 bits per heavy atom. The van der Waals surface area contributed by atoms with Gasteiger partial charge in [-0.15, -0.1) is 11.3 Å². The number of fused-ring (bicyclic) bond motifs is 1. The molecule has 0 spiro atoms. The number of likely N-dealkylation sites (N-methyl/N-ethyl adjacent to an activating group) is 1. The first-order chi connectivity index (χ1) is 9.47. The van der Waals surface area contributed by atoms with Crippen molar-refractivity contribution < 1.29 is 0 Å². The van der Waals surface area contributed by atoms with E-state index in [0.717, 1.165) is 16.8 Å². The summed E-state index contributed by atoms with van der Waals surface area (Å²) in [5, 5.41) is 3.78. The topological polar surface area (TPSA) is 15.3 Å². The second-order valence-corrected chi connectivity index (χ2v) is 8.30. The van der Waals surface area contributed by atoms with E-state index in [2.05, 4.69) is 44.2 Å². The molecule has 114 valence electrons. The molecule has 0 fully saturated rings. The summed E-state index contributed by atoms with van der Waals surface area (Å²) in [5.41, 5.74) is 1.45. The maximum Gasteiger partial charge on any atom is 0.0934 e. The van der Waals surface area contributed by atoms with Gasteiger partial charge in [0.25, 0.3) is 0 Å². The normalized spacial score (nSPS) is 20.4. The smallest absolute Gasteiger partial charge is 0.0934 e. The number of nitrogens with zero attached hydrogens (tertiary/aromatic N) is 1. The van der Waals surface area contributed by atoms with Crippen molar-refractivity contribution in [3.05, 3.63) is 20.8 Å². The van der Waals surface area contributed by atoms with Crippen LogP contribution < -0.4 is 5.32 Å². The zero-order valence-corrected chi connectivity index (χ0v) is 14.7. The maximum absolute atomic E-state index is 6.18. The Morgan fingerprint density at radius 3 is 2.85 bits per heavy atom. The van der Waals surface area contributed by atoms with Gasteiger partial charge in [0.15, 0.2) is 0 Å². The molecule has 2 rings (SSSR count). The zero-order valence-electron chi connectivity index (χ0n) is 13.1. The number of halogens is 1. The second kappa shape index (κ2) is 7.26. The zero-order chi connectivity index (χ0) is 14.7. The molecule has 1 aromatic rings. The van der Waals surface area contributed by atoms with Gasteiger partial charge in [0, 0.05) is 23.5 Å². The van der Waals surface area contributed by atoms with Crippen LogP contribution in [0.3, 0.4) is 0 Å². The Bertz CT molecular complexity index is 428. The summed E-state index contributed by atoms with van der Waals surface area (Å²) in [4.78, 5) is 3.83. The summed E-state index contributed by atoms with van der Waals surface area (Å²) in [6.07, 6.45) is 4.96. The maximum atomic E-state index is 6.18. The van der Waals surface area contributed by atoms with Crippen LogP contribution in [0.4, 0.5) is 0 Å². The molecule has 0 bridgehead atoms.